The number of nitrogens with zero attached hydrogens (tertiary/aromatic N) is 3. The molecule has 1 aromatic carbocycles. The smallest absolute Gasteiger partial charge is 0.0529 e. The van der Waals surface area contributed by atoms with E-state index in [0.717, 1.165) is 25.9 Å². The normalized spacial score (nSPS) is 21.2. The number of benzene rings is 1. The fraction of sp³-hybridized carbons (Fsp3) is 0.500. The Kier molecular flexibility index (Phi) is 3.68. The highest BCUT2D eigenvalue weighted by Crippen LogP contribution is 2.32. The quantitative estimate of drug-likeness (QED) is 0.799. The van der Waals surface area contributed by atoms with Gasteiger partial charge in [0.15, 0.2) is 0 Å². The van der Waals surface area contributed by atoms with Gasteiger partial charge in [0.05, 0.1) is 5.52 Å². The molecule has 0 unspecified atom stereocenters. The first-order chi connectivity index (χ1) is 11.1. The van der Waals surface area contributed by atoms with Crippen molar-refractivity contribution in [2.45, 2.75) is 32.6 Å². The molecule has 1 aromatic heterocycles. The van der Waals surface area contributed by atoms with Crippen LogP contribution in [-0.2, 0) is 12.8 Å². The SMILES string of the molecule is Cc1ccc2c(c1)c1c(n2/C=C2\CCCN2C)CCN(C)CC1. The van der Waals surface area contributed by atoms with Crippen LogP contribution in [0.2, 0.25) is 0 Å². The summed E-state index contributed by atoms with van der Waals surface area (Å²) in [5.41, 5.74) is 7.33. The highest BCUT2D eigenvalue weighted by molar-refractivity contribution is 5.88. The number of fused-ring (bicyclic) bond motifs is 3. The molecule has 0 radical (unpaired) electrons. The Bertz CT molecular complexity index is 769. The topological polar surface area (TPSA) is 11.4 Å². The van der Waals surface area contributed by atoms with E-state index < -0.39 is 0 Å². The fourth-order valence-electron chi connectivity index (χ4n) is 4.10. The third-order valence-corrected chi connectivity index (χ3v) is 5.54. The van der Waals surface area contributed by atoms with Crippen molar-refractivity contribution in [1.29, 1.82) is 0 Å². The van der Waals surface area contributed by atoms with Gasteiger partial charge in [0.2, 0.25) is 0 Å². The van der Waals surface area contributed by atoms with Gasteiger partial charge in [-0.15, -0.1) is 0 Å². The van der Waals surface area contributed by atoms with Crippen molar-refractivity contribution in [3.63, 3.8) is 0 Å². The average molecular weight is 309 g/mol. The van der Waals surface area contributed by atoms with Crippen LogP contribution in [0.5, 0.6) is 0 Å². The maximum absolute atomic E-state index is 2.50. The molecule has 3 nitrogen and oxygen atoms in total. The minimum Gasteiger partial charge on any atom is -0.377 e. The van der Waals surface area contributed by atoms with E-state index in [0.29, 0.717) is 0 Å². The van der Waals surface area contributed by atoms with Gasteiger partial charge < -0.3 is 14.4 Å². The van der Waals surface area contributed by atoms with Gasteiger partial charge in [-0.2, -0.15) is 0 Å². The number of likely N-dealkylation sites (N-methyl/N-ethyl adjacent to an activating group) is 1. The fourth-order valence-corrected chi connectivity index (χ4v) is 4.10. The lowest BCUT2D eigenvalue weighted by Gasteiger charge is -2.15. The van der Waals surface area contributed by atoms with Gasteiger partial charge >= 0.3 is 0 Å². The third kappa shape index (κ3) is 2.57. The van der Waals surface area contributed by atoms with Crippen molar-refractivity contribution in [3.05, 3.63) is 40.7 Å². The Hall–Kier alpha value is -1.74. The summed E-state index contributed by atoms with van der Waals surface area (Å²) in [6.07, 6.45) is 7.21. The standard InChI is InChI=1S/C20H27N3/c1-15-6-7-19-18(13-15)17-8-11-21(2)12-9-20(17)23(19)14-16-5-4-10-22(16)3/h6-7,13-14H,4-5,8-12H2,1-3H3/b16-14+. The lowest BCUT2D eigenvalue weighted by molar-refractivity contribution is 0.351. The van der Waals surface area contributed by atoms with Crippen molar-refractivity contribution < 1.29 is 0 Å². The number of aromatic nitrogens is 1. The molecule has 0 aliphatic carbocycles. The highest BCUT2D eigenvalue weighted by atomic mass is 15.1. The molecule has 2 aliphatic heterocycles. The van der Waals surface area contributed by atoms with Gasteiger partial charge in [-0.05, 0) is 50.9 Å². The molecule has 2 aromatic rings. The van der Waals surface area contributed by atoms with E-state index in [2.05, 4.69) is 59.8 Å². The number of aryl methyl sites for hydroxylation is 1. The van der Waals surface area contributed by atoms with Crippen LogP contribution in [0.1, 0.15) is 29.7 Å². The highest BCUT2D eigenvalue weighted by Gasteiger charge is 2.21. The molecule has 1 saturated heterocycles. The molecule has 0 N–H and O–H groups in total. The summed E-state index contributed by atoms with van der Waals surface area (Å²) < 4.78 is 2.50. The number of likely N-dealkylation sites (tertiary alicyclic amines) is 1. The summed E-state index contributed by atoms with van der Waals surface area (Å²) >= 11 is 0. The molecular formula is C20H27N3. The lowest BCUT2D eigenvalue weighted by Crippen LogP contribution is -2.21. The van der Waals surface area contributed by atoms with Crippen LogP contribution in [0.4, 0.5) is 0 Å². The van der Waals surface area contributed by atoms with Crippen molar-refractivity contribution in [2.24, 2.45) is 0 Å². The molecule has 0 bridgehead atoms. The van der Waals surface area contributed by atoms with Gasteiger partial charge in [0.25, 0.3) is 0 Å². The largest absolute Gasteiger partial charge is 0.377 e. The maximum atomic E-state index is 2.50. The summed E-state index contributed by atoms with van der Waals surface area (Å²) in [6, 6.07) is 6.95. The lowest BCUT2D eigenvalue weighted by atomic mass is 10.1. The molecule has 1 fully saturated rings. The van der Waals surface area contributed by atoms with Gasteiger partial charge in [-0.25, -0.2) is 0 Å². The van der Waals surface area contributed by atoms with Crippen molar-refractivity contribution >= 4 is 17.1 Å². The van der Waals surface area contributed by atoms with E-state index in [-0.39, 0.29) is 0 Å². The van der Waals surface area contributed by atoms with Crippen LogP contribution in [-0.4, -0.2) is 48.1 Å². The molecule has 3 heterocycles. The Balaban J connectivity index is 1.92. The van der Waals surface area contributed by atoms with Crippen LogP contribution in [0.15, 0.2) is 23.9 Å². The van der Waals surface area contributed by atoms with Crippen LogP contribution in [0, 0.1) is 6.92 Å². The van der Waals surface area contributed by atoms with Crippen LogP contribution in [0.25, 0.3) is 17.1 Å². The summed E-state index contributed by atoms with van der Waals surface area (Å²) in [5.74, 6) is 0. The summed E-state index contributed by atoms with van der Waals surface area (Å²) in [4.78, 5) is 4.87. The molecular weight excluding hydrogens is 282 g/mol. The number of allylic oxidation sites excluding steroid dienone is 1. The molecule has 0 atom stereocenters. The van der Waals surface area contributed by atoms with Crippen LogP contribution in [0.3, 0.4) is 0 Å². The molecule has 2 aliphatic rings. The minimum atomic E-state index is 1.15. The minimum absolute atomic E-state index is 1.15. The zero-order valence-corrected chi connectivity index (χ0v) is 14.6. The monoisotopic (exact) mass is 309 g/mol. The van der Waals surface area contributed by atoms with Gasteiger partial charge in [0, 0.05) is 56.1 Å². The van der Waals surface area contributed by atoms with E-state index in [9.17, 15) is 0 Å². The molecule has 0 spiro atoms. The summed E-state index contributed by atoms with van der Waals surface area (Å²) in [6.45, 7) is 5.71. The Morgan fingerprint density at radius 2 is 1.83 bits per heavy atom. The van der Waals surface area contributed by atoms with Gasteiger partial charge in [-0.1, -0.05) is 11.6 Å². The molecule has 0 saturated carbocycles. The van der Waals surface area contributed by atoms with Crippen molar-refractivity contribution in [1.82, 2.24) is 14.4 Å². The van der Waals surface area contributed by atoms with Gasteiger partial charge in [0.1, 0.15) is 0 Å². The second kappa shape index (κ2) is 5.72. The Labute approximate surface area is 139 Å². The molecule has 23 heavy (non-hydrogen) atoms. The molecule has 0 amide bonds. The Morgan fingerprint density at radius 1 is 1.00 bits per heavy atom. The molecule has 122 valence electrons. The van der Waals surface area contributed by atoms with Gasteiger partial charge in [-0.3, -0.25) is 0 Å². The van der Waals surface area contributed by atoms with Crippen molar-refractivity contribution in [3.8, 4) is 0 Å². The number of rotatable bonds is 1. The zero-order chi connectivity index (χ0) is 16.0. The first-order valence-electron chi connectivity index (χ1n) is 8.86. The Morgan fingerprint density at radius 3 is 2.61 bits per heavy atom. The molecule has 4 rings (SSSR count). The van der Waals surface area contributed by atoms with E-state index in [1.165, 1.54) is 47.2 Å². The van der Waals surface area contributed by atoms with Crippen molar-refractivity contribution in [2.75, 3.05) is 33.7 Å². The average Bonchev–Trinajstić information content (AvgIpc) is 2.98. The molecule has 3 heteroatoms. The van der Waals surface area contributed by atoms with Crippen LogP contribution >= 0.6 is 0 Å². The predicted molar refractivity (Wildman–Crippen MR) is 97.7 cm³/mol. The van der Waals surface area contributed by atoms with Crippen LogP contribution < -0.4 is 0 Å². The second-order valence-corrected chi connectivity index (χ2v) is 7.26. The third-order valence-electron chi connectivity index (χ3n) is 5.54. The zero-order valence-electron chi connectivity index (χ0n) is 14.6. The maximum Gasteiger partial charge on any atom is 0.0529 e. The number of hydrogen-bond acceptors (Lipinski definition) is 2. The van der Waals surface area contributed by atoms with E-state index in [1.54, 1.807) is 5.56 Å². The van der Waals surface area contributed by atoms with E-state index >= 15 is 0 Å². The number of hydrogen-bond donors (Lipinski definition) is 0. The predicted octanol–water partition coefficient (Wildman–Crippen LogP) is 3.50. The summed E-state index contributed by atoms with van der Waals surface area (Å²) in [7, 11) is 4.47. The second-order valence-electron chi connectivity index (χ2n) is 7.26. The van der Waals surface area contributed by atoms with E-state index in [1.807, 2.05) is 0 Å². The first-order valence-corrected chi connectivity index (χ1v) is 8.86. The summed E-state index contributed by atoms with van der Waals surface area (Å²) in [5, 5.41) is 1.47. The first kappa shape index (κ1) is 14.8. The van der Waals surface area contributed by atoms with E-state index in [4.69, 9.17) is 0 Å².